The SMILES string of the molecule is O=C(N/N=C\c1cc([N+](=O)[O-])cc(Br)c1O)/C(=C\c1cccs1)NC(=O)c1ccccc1Cl. The molecule has 168 valence electrons. The van der Waals surface area contributed by atoms with Crippen LogP contribution in [0.25, 0.3) is 6.08 Å². The Hall–Kier alpha value is -3.54. The number of nitrogens with zero attached hydrogens (tertiary/aromatic N) is 2. The predicted octanol–water partition coefficient (Wildman–Crippen LogP) is 4.70. The van der Waals surface area contributed by atoms with Gasteiger partial charge in [-0.05, 0) is 45.6 Å². The van der Waals surface area contributed by atoms with E-state index in [0.717, 1.165) is 18.3 Å². The number of nitro benzene ring substituents is 1. The number of non-ortho nitro benzene ring substituents is 1. The van der Waals surface area contributed by atoms with E-state index in [4.69, 9.17) is 11.6 Å². The fraction of sp³-hybridized carbons (Fsp3) is 0. The van der Waals surface area contributed by atoms with Crippen LogP contribution >= 0.6 is 38.9 Å². The van der Waals surface area contributed by atoms with E-state index in [0.29, 0.717) is 4.88 Å². The number of halogens is 2. The topological polar surface area (TPSA) is 134 Å². The first-order valence-electron chi connectivity index (χ1n) is 9.07. The fourth-order valence-corrected chi connectivity index (χ4v) is 3.88. The predicted molar refractivity (Wildman–Crippen MR) is 129 cm³/mol. The molecular formula is C21H14BrClN4O5S. The Morgan fingerprint density at radius 3 is 2.64 bits per heavy atom. The van der Waals surface area contributed by atoms with Crippen LogP contribution in [0.4, 0.5) is 5.69 Å². The quantitative estimate of drug-likeness (QED) is 0.170. The number of hydrazone groups is 1. The Balaban J connectivity index is 1.82. The van der Waals surface area contributed by atoms with Gasteiger partial charge in [0.2, 0.25) is 0 Å². The van der Waals surface area contributed by atoms with Gasteiger partial charge in [0.25, 0.3) is 17.5 Å². The molecule has 3 aromatic rings. The number of hydrogen-bond donors (Lipinski definition) is 3. The monoisotopic (exact) mass is 548 g/mol. The number of nitro groups is 1. The molecule has 9 nitrogen and oxygen atoms in total. The first-order valence-corrected chi connectivity index (χ1v) is 11.1. The van der Waals surface area contributed by atoms with Crippen LogP contribution in [0.15, 0.2) is 69.2 Å². The second kappa shape index (κ2) is 10.9. The third kappa shape index (κ3) is 6.25. The number of thiophene rings is 1. The van der Waals surface area contributed by atoms with Crippen LogP contribution in [-0.2, 0) is 4.79 Å². The lowest BCUT2D eigenvalue weighted by atomic mass is 10.2. The molecule has 0 atom stereocenters. The summed E-state index contributed by atoms with van der Waals surface area (Å²) in [5.74, 6) is -1.65. The minimum Gasteiger partial charge on any atom is -0.506 e. The molecule has 3 rings (SSSR count). The molecule has 0 fully saturated rings. The molecule has 3 N–H and O–H groups in total. The highest BCUT2D eigenvalue weighted by Gasteiger charge is 2.17. The van der Waals surface area contributed by atoms with Gasteiger partial charge in [-0.2, -0.15) is 5.10 Å². The third-order valence-corrected chi connectivity index (χ3v) is 5.85. The van der Waals surface area contributed by atoms with Crippen LogP contribution in [0.2, 0.25) is 5.02 Å². The molecule has 2 aromatic carbocycles. The summed E-state index contributed by atoms with van der Waals surface area (Å²) in [6.45, 7) is 0. The average molecular weight is 550 g/mol. The molecule has 1 aromatic heterocycles. The number of phenolic OH excluding ortho intramolecular Hbond substituents is 1. The molecule has 0 bridgehead atoms. The van der Waals surface area contributed by atoms with Crippen molar-refractivity contribution < 1.29 is 19.6 Å². The van der Waals surface area contributed by atoms with Crippen LogP contribution < -0.4 is 10.7 Å². The highest BCUT2D eigenvalue weighted by Crippen LogP contribution is 2.31. The van der Waals surface area contributed by atoms with Gasteiger partial charge in [0.05, 0.1) is 26.2 Å². The van der Waals surface area contributed by atoms with Crippen LogP contribution in [-0.4, -0.2) is 28.1 Å². The normalized spacial score (nSPS) is 11.4. The van der Waals surface area contributed by atoms with Gasteiger partial charge in [0.15, 0.2) is 0 Å². The highest BCUT2D eigenvalue weighted by atomic mass is 79.9. The first kappa shape index (κ1) is 24.1. The van der Waals surface area contributed by atoms with E-state index in [1.54, 1.807) is 35.7 Å². The van der Waals surface area contributed by atoms with Gasteiger partial charge in [-0.1, -0.05) is 29.8 Å². The number of benzene rings is 2. The van der Waals surface area contributed by atoms with Crippen molar-refractivity contribution in [1.29, 1.82) is 0 Å². The number of aromatic hydroxyl groups is 1. The zero-order valence-electron chi connectivity index (χ0n) is 16.5. The average Bonchev–Trinajstić information content (AvgIpc) is 3.29. The zero-order valence-corrected chi connectivity index (χ0v) is 19.6. The standard InChI is InChI=1S/C21H14BrClN4O5S/c22-16-9-13(27(31)32)8-12(19(16)28)11-24-26-21(30)18(10-14-4-3-7-33-14)25-20(29)15-5-1-2-6-17(15)23/h1-11,28H,(H,25,29)(H,26,30)/b18-10+,24-11-. The summed E-state index contributed by atoms with van der Waals surface area (Å²) < 4.78 is 0.0924. The zero-order chi connectivity index (χ0) is 24.0. The summed E-state index contributed by atoms with van der Waals surface area (Å²) in [5, 5.41) is 29.4. The van der Waals surface area contributed by atoms with Crippen LogP contribution in [0.3, 0.4) is 0 Å². The van der Waals surface area contributed by atoms with Gasteiger partial charge in [-0.15, -0.1) is 11.3 Å². The summed E-state index contributed by atoms with van der Waals surface area (Å²) >= 11 is 10.4. The molecular weight excluding hydrogens is 536 g/mol. The van der Waals surface area contributed by atoms with E-state index in [2.05, 4.69) is 31.8 Å². The van der Waals surface area contributed by atoms with Crippen molar-refractivity contribution in [2.45, 2.75) is 0 Å². The summed E-state index contributed by atoms with van der Waals surface area (Å²) in [4.78, 5) is 36.4. The molecule has 0 aliphatic carbocycles. The molecule has 0 spiro atoms. The van der Waals surface area contributed by atoms with E-state index in [1.807, 2.05) is 0 Å². The Bertz CT molecular complexity index is 1280. The Kier molecular flexibility index (Phi) is 7.93. The second-order valence-electron chi connectivity index (χ2n) is 6.33. The molecule has 0 aliphatic heterocycles. The van der Waals surface area contributed by atoms with Crippen molar-refractivity contribution in [2.24, 2.45) is 5.10 Å². The minimum atomic E-state index is -0.760. The summed E-state index contributed by atoms with van der Waals surface area (Å²) in [6.07, 6.45) is 2.51. The molecule has 0 unspecified atom stereocenters. The van der Waals surface area contributed by atoms with Gasteiger partial charge < -0.3 is 10.4 Å². The number of amides is 2. The van der Waals surface area contributed by atoms with Crippen molar-refractivity contribution >= 4 is 68.7 Å². The molecule has 0 radical (unpaired) electrons. The van der Waals surface area contributed by atoms with Crippen LogP contribution in [0, 0.1) is 10.1 Å². The molecule has 0 saturated heterocycles. The van der Waals surface area contributed by atoms with Crippen molar-refractivity contribution in [1.82, 2.24) is 10.7 Å². The van der Waals surface area contributed by atoms with E-state index in [-0.39, 0.29) is 37.8 Å². The lowest BCUT2D eigenvalue weighted by Gasteiger charge is -2.09. The molecule has 0 aliphatic rings. The lowest BCUT2D eigenvalue weighted by molar-refractivity contribution is -0.385. The van der Waals surface area contributed by atoms with Gasteiger partial charge in [-0.25, -0.2) is 5.43 Å². The fourth-order valence-electron chi connectivity index (χ4n) is 2.54. The number of rotatable bonds is 7. The largest absolute Gasteiger partial charge is 0.506 e. The molecule has 12 heteroatoms. The van der Waals surface area contributed by atoms with E-state index in [9.17, 15) is 24.8 Å². The Morgan fingerprint density at radius 2 is 1.97 bits per heavy atom. The van der Waals surface area contributed by atoms with Gasteiger partial charge in [0.1, 0.15) is 11.4 Å². The summed E-state index contributed by atoms with van der Waals surface area (Å²) in [5.41, 5.74) is 2.03. The first-order chi connectivity index (χ1) is 15.8. The summed E-state index contributed by atoms with van der Waals surface area (Å²) in [6, 6.07) is 12.1. The van der Waals surface area contributed by atoms with Crippen molar-refractivity contribution in [2.75, 3.05) is 0 Å². The molecule has 0 saturated carbocycles. The van der Waals surface area contributed by atoms with Crippen molar-refractivity contribution in [3.8, 4) is 5.75 Å². The van der Waals surface area contributed by atoms with Crippen LogP contribution in [0.5, 0.6) is 5.75 Å². The Labute approximate surface area is 204 Å². The second-order valence-corrected chi connectivity index (χ2v) is 8.57. The molecule has 2 amide bonds. The van der Waals surface area contributed by atoms with E-state index in [1.165, 1.54) is 23.5 Å². The number of carbonyl (C=O) groups is 2. The maximum Gasteiger partial charge on any atom is 0.287 e. The molecule has 33 heavy (non-hydrogen) atoms. The highest BCUT2D eigenvalue weighted by molar-refractivity contribution is 9.10. The van der Waals surface area contributed by atoms with Crippen molar-refractivity contribution in [3.63, 3.8) is 0 Å². The van der Waals surface area contributed by atoms with Gasteiger partial charge in [0, 0.05) is 22.6 Å². The third-order valence-electron chi connectivity index (χ3n) is 4.10. The number of hydrogen-bond acceptors (Lipinski definition) is 7. The smallest absolute Gasteiger partial charge is 0.287 e. The number of nitrogens with one attached hydrogen (secondary N) is 2. The number of phenols is 1. The van der Waals surface area contributed by atoms with Gasteiger partial charge >= 0.3 is 0 Å². The molecule has 1 heterocycles. The van der Waals surface area contributed by atoms with E-state index < -0.39 is 16.7 Å². The summed E-state index contributed by atoms with van der Waals surface area (Å²) in [7, 11) is 0. The van der Waals surface area contributed by atoms with Crippen molar-refractivity contribution in [3.05, 3.63) is 95.2 Å². The maximum absolute atomic E-state index is 12.7. The van der Waals surface area contributed by atoms with E-state index >= 15 is 0 Å². The maximum atomic E-state index is 12.7. The number of carbonyl (C=O) groups excluding carboxylic acids is 2. The van der Waals surface area contributed by atoms with Crippen LogP contribution in [0.1, 0.15) is 20.8 Å². The van der Waals surface area contributed by atoms with Gasteiger partial charge in [-0.3, -0.25) is 19.7 Å². The minimum absolute atomic E-state index is 0.000245. The Morgan fingerprint density at radius 1 is 1.21 bits per heavy atom. The lowest BCUT2D eigenvalue weighted by Crippen LogP contribution is -2.33.